The molecule has 0 radical (unpaired) electrons. The van der Waals surface area contributed by atoms with Crippen molar-refractivity contribution in [1.82, 2.24) is 24.6 Å². The second-order valence-electron chi connectivity index (χ2n) is 5.88. The summed E-state index contributed by atoms with van der Waals surface area (Å²) in [5, 5.41) is 11.8. The summed E-state index contributed by atoms with van der Waals surface area (Å²) in [5.41, 5.74) is 1.96. The van der Waals surface area contributed by atoms with Crippen LogP contribution < -0.4 is 10.5 Å². The summed E-state index contributed by atoms with van der Waals surface area (Å²) in [6, 6.07) is 7.85. The maximum Gasteiger partial charge on any atom is 0.241 e. The fourth-order valence-corrected chi connectivity index (χ4v) is 3.17. The van der Waals surface area contributed by atoms with E-state index >= 15 is 0 Å². The number of hydrogen-bond acceptors (Lipinski definition) is 5. The number of fused-ring (bicyclic) bond motifs is 1. The van der Waals surface area contributed by atoms with E-state index in [0.717, 1.165) is 16.9 Å². The largest absolute Gasteiger partial charge is 0.354 e. The van der Waals surface area contributed by atoms with Gasteiger partial charge in [0.25, 0.3) is 0 Å². The number of imidazole rings is 1. The third-order valence-corrected chi connectivity index (χ3v) is 4.88. The van der Waals surface area contributed by atoms with Gasteiger partial charge in [-0.3, -0.25) is 9.48 Å². The predicted octanol–water partition coefficient (Wildman–Crippen LogP) is 0.395. The summed E-state index contributed by atoms with van der Waals surface area (Å²) in [5.74, 6) is 0.757. The molecule has 0 atom stereocenters. The van der Waals surface area contributed by atoms with Gasteiger partial charge in [-0.05, 0) is 19.1 Å². The zero-order chi connectivity index (χ0) is 18.7. The fourth-order valence-electron chi connectivity index (χ4n) is 2.70. The molecule has 3 aromatic rings. The van der Waals surface area contributed by atoms with Crippen molar-refractivity contribution in [2.75, 3.05) is 6.54 Å². The molecule has 2 heterocycles. The van der Waals surface area contributed by atoms with E-state index in [0.29, 0.717) is 13.1 Å². The molecule has 0 saturated carbocycles. The van der Waals surface area contributed by atoms with Crippen molar-refractivity contribution >= 4 is 27.0 Å². The Kier molecular flexibility index (Phi) is 5.05. The minimum absolute atomic E-state index is 0.0691. The molecule has 138 valence electrons. The van der Waals surface area contributed by atoms with Crippen LogP contribution in [-0.2, 0) is 27.9 Å². The molecule has 9 nitrogen and oxygen atoms in total. The Hall–Kier alpha value is -2.72. The molecule has 0 spiro atoms. The van der Waals surface area contributed by atoms with Crippen molar-refractivity contribution in [3.63, 3.8) is 0 Å². The average molecular weight is 376 g/mol. The lowest BCUT2D eigenvalue weighted by molar-refractivity contribution is -0.121. The van der Waals surface area contributed by atoms with Crippen LogP contribution in [0.5, 0.6) is 0 Å². The van der Waals surface area contributed by atoms with Gasteiger partial charge in [-0.15, -0.1) is 0 Å². The fraction of sp³-hybridized carbons (Fsp3) is 0.312. The number of amides is 1. The highest BCUT2D eigenvalue weighted by Crippen LogP contribution is 2.14. The zero-order valence-electron chi connectivity index (χ0n) is 14.3. The molecule has 0 unspecified atom stereocenters. The molecule has 0 aliphatic rings. The Morgan fingerprint density at radius 3 is 2.77 bits per heavy atom. The Labute approximate surface area is 150 Å². The molecule has 0 saturated heterocycles. The number of nitrogens with two attached hydrogens (primary N) is 1. The Morgan fingerprint density at radius 2 is 2.04 bits per heavy atom. The van der Waals surface area contributed by atoms with Crippen molar-refractivity contribution in [2.45, 2.75) is 31.3 Å². The first kappa shape index (κ1) is 18.1. The molecule has 26 heavy (non-hydrogen) atoms. The Balaban J connectivity index is 1.50. The maximum atomic E-state index is 12.0. The number of aryl methyl sites for hydroxylation is 2. The zero-order valence-corrected chi connectivity index (χ0v) is 15.1. The molecule has 0 bridgehead atoms. The highest BCUT2D eigenvalue weighted by atomic mass is 32.2. The summed E-state index contributed by atoms with van der Waals surface area (Å²) < 4.78 is 25.8. The monoisotopic (exact) mass is 376 g/mol. The number of nitrogens with zero attached hydrogens (tertiary/aromatic N) is 4. The summed E-state index contributed by atoms with van der Waals surface area (Å²) in [7, 11) is -3.77. The number of para-hydroxylation sites is 2. The van der Waals surface area contributed by atoms with Crippen LogP contribution in [0.25, 0.3) is 11.0 Å². The van der Waals surface area contributed by atoms with Crippen molar-refractivity contribution in [3.8, 4) is 0 Å². The van der Waals surface area contributed by atoms with Crippen molar-refractivity contribution in [3.05, 3.63) is 42.5 Å². The molecule has 0 aliphatic carbocycles. The van der Waals surface area contributed by atoms with Crippen LogP contribution in [0.4, 0.5) is 0 Å². The number of aromatic nitrogens is 4. The lowest BCUT2D eigenvalue weighted by Gasteiger charge is -2.09. The molecular formula is C16H20N6O3S. The lowest BCUT2D eigenvalue weighted by atomic mass is 10.3. The van der Waals surface area contributed by atoms with Crippen LogP contribution in [0.2, 0.25) is 0 Å². The van der Waals surface area contributed by atoms with Crippen molar-refractivity contribution < 1.29 is 13.2 Å². The summed E-state index contributed by atoms with van der Waals surface area (Å²) in [4.78, 5) is 16.4. The molecule has 2 aromatic heterocycles. The molecule has 3 rings (SSSR count). The van der Waals surface area contributed by atoms with E-state index in [-0.39, 0.29) is 23.8 Å². The molecule has 1 aromatic carbocycles. The quantitative estimate of drug-likeness (QED) is 0.617. The smallest absolute Gasteiger partial charge is 0.241 e. The predicted molar refractivity (Wildman–Crippen MR) is 95.7 cm³/mol. The number of hydrogen-bond donors (Lipinski definition) is 2. The number of nitrogens with one attached hydrogen (secondary N) is 1. The third-order valence-electron chi connectivity index (χ3n) is 4.01. The average Bonchev–Trinajstić information content (AvgIpc) is 3.18. The van der Waals surface area contributed by atoms with Gasteiger partial charge in [0.05, 0.1) is 17.2 Å². The Bertz CT molecular complexity index is 1040. The number of carbonyl (C=O) groups is 1. The topological polar surface area (TPSA) is 125 Å². The number of sulfonamides is 1. The normalized spacial score (nSPS) is 11.8. The maximum absolute atomic E-state index is 12.0. The highest BCUT2D eigenvalue weighted by Gasteiger charge is 2.11. The van der Waals surface area contributed by atoms with Gasteiger partial charge in [0.2, 0.25) is 15.9 Å². The van der Waals surface area contributed by atoms with E-state index in [4.69, 9.17) is 5.14 Å². The van der Waals surface area contributed by atoms with E-state index in [1.165, 1.54) is 17.1 Å². The van der Waals surface area contributed by atoms with Gasteiger partial charge in [0.15, 0.2) is 0 Å². The van der Waals surface area contributed by atoms with E-state index in [2.05, 4.69) is 20.0 Å². The van der Waals surface area contributed by atoms with Gasteiger partial charge >= 0.3 is 0 Å². The summed E-state index contributed by atoms with van der Waals surface area (Å²) >= 11 is 0. The number of carbonyl (C=O) groups excluding carboxylic acids is 1. The van der Waals surface area contributed by atoms with Crippen LogP contribution >= 0.6 is 0 Å². The van der Waals surface area contributed by atoms with Crippen LogP contribution in [0.3, 0.4) is 0 Å². The standard InChI is InChI=1S/C16H20N6O3S/c1-12-20-14-4-2-3-5-15(14)22(12)9-7-18-16(23)6-8-21-11-13(10-19-21)26(17,24)25/h2-5,10-11H,6-9H2,1H3,(H,18,23)(H2,17,24,25). The lowest BCUT2D eigenvalue weighted by Crippen LogP contribution is -2.28. The first-order valence-electron chi connectivity index (χ1n) is 8.08. The number of benzene rings is 1. The molecular weight excluding hydrogens is 356 g/mol. The first-order chi connectivity index (χ1) is 12.3. The Morgan fingerprint density at radius 1 is 1.27 bits per heavy atom. The van der Waals surface area contributed by atoms with Gasteiger partial charge in [0.1, 0.15) is 10.7 Å². The SMILES string of the molecule is Cc1nc2ccccc2n1CCNC(=O)CCn1cc(S(N)(=O)=O)cn1. The second-order valence-corrected chi connectivity index (χ2v) is 7.44. The summed E-state index contributed by atoms with van der Waals surface area (Å²) in [6.45, 7) is 3.30. The van der Waals surface area contributed by atoms with Crippen LogP contribution in [0, 0.1) is 6.92 Å². The van der Waals surface area contributed by atoms with E-state index in [1.807, 2.05) is 31.2 Å². The van der Waals surface area contributed by atoms with Gasteiger partial charge < -0.3 is 9.88 Å². The highest BCUT2D eigenvalue weighted by molar-refractivity contribution is 7.89. The molecule has 1 amide bonds. The minimum atomic E-state index is -3.77. The van der Waals surface area contributed by atoms with Crippen LogP contribution in [0.1, 0.15) is 12.2 Å². The van der Waals surface area contributed by atoms with Crippen molar-refractivity contribution in [2.24, 2.45) is 5.14 Å². The first-order valence-corrected chi connectivity index (χ1v) is 9.63. The third kappa shape index (κ3) is 4.09. The van der Waals surface area contributed by atoms with E-state index in [1.54, 1.807) is 0 Å². The molecule has 3 N–H and O–H groups in total. The summed E-state index contributed by atoms with van der Waals surface area (Å²) in [6.07, 6.45) is 2.67. The van der Waals surface area contributed by atoms with E-state index in [9.17, 15) is 13.2 Å². The minimum Gasteiger partial charge on any atom is -0.354 e. The molecule has 0 fully saturated rings. The molecule has 10 heteroatoms. The number of primary sulfonamides is 1. The van der Waals surface area contributed by atoms with Gasteiger partial charge in [-0.2, -0.15) is 5.10 Å². The van der Waals surface area contributed by atoms with Crippen LogP contribution in [-0.4, -0.2) is 40.2 Å². The second kappa shape index (κ2) is 7.26. The van der Waals surface area contributed by atoms with Gasteiger partial charge in [-0.1, -0.05) is 12.1 Å². The number of rotatable bonds is 7. The van der Waals surface area contributed by atoms with Gasteiger partial charge in [0, 0.05) is 32.3 Å². The van der Waals surface area contributed by atoms with Gasteiger partial charge in [-0.25, -0.2) is 18.5 Å². The molecule has 0 aliphatic heterocycles. The van der Waals surface area contributed by atoms with Crippen LogP contribution in [0.15, 0.2) is 41.6 Å². The van der Waals surface area contributed by atoms with Crippen molar-refractivity contribution in [1.29, 1.82) is 0 Å². The van der Waals surface area contributed by atoms with E-state index < -0.39 is 10.0 Å².